The molecule has 4 N–H and O–H groups in total. The van der Waals surface area contributed by atoms with E-state index in [-0.39, 0.29) is 5.82 Å². The van der Waals surface area contributed by atoms with Crippen LogP contribution in [0.5, 0.6) is 0 Å². The molecule has 0 aromatic carbocycles. The van der Waals surface area contributed by atoms with E-state index in [0.717, 1.165) is 4.57 Å². The van der Waals surface area contributed by atoms with Crippen molar-refractivity contribution in [2.75, 3.05) is 12.3 Å². The number of anilines is 1. The molecule has 1 aliphatic heterocycles. The highest BCUT2D eigenvalue weighted by molar-refractivity contribution is 14.1. The van der Waals surface area contributed by atoms with Crippen LogP contribution in [0.1, 0.15) is 6.23 Å². The molecule has 7 nitrogen and oxygen atoms in total. The van der Waals surface area contributed by atoms with E-state index in [9.17, 15) is 14.3 Å². The number of rotatable bonds is 2. The summed E-state index contributed by atoms with van der Waals surface area (Å²) in [7, 11) is 0. The maximum atomic E-state index is 13.8. The number of hydrogen-bond donors (Lipinski definition) is 3. The van der Waals surface area contributed by atoms with Crippen molar-refractivity contribution in [1.29, 1.82) is 0 Å². The minimum absolute atomic E-state index is 0.0458. The largest absolute Gasteiger partial charge is 0.394 e. The van der Waals surface area contributed by atoms with Crippen LogP contribution < -0.4 is 11.4 Å². The molecule has 1 fully saturated rings. The second-order valence-corrected chi connectivity index (χ2v) is 5.01. The molecule has 100 valence electrons. The van der Waals surface area contributed by atoms with Gasteiger partial charge in [-0.3, -0.25) is 4.57 Å². The third-order valence-electron chi connectivity index (χ3n) is 2.68. The maximum absolute atomic E-state index is 13.8. The smallest absolute Gasteiger partial charge is 0.351 e. The first-order chi connectivity index (χ1) is 8.45. The van der Waals surface area contributed by atoms with Crippen LogP contribution in [-0.2, 0) is 4.74 Å². The normalized spacial score (nSPS) is 31.8. The van der Waals surface area contributed by atoms with E-state index >= 15 is 0 Å². The Morgan fingerprint density at radius 1 is 1.67 bits per heavy atom. The quantitative estimate of drug-likeness (QED) is 0.577. The van der Waals surface area contributed by atoms with Crippen LogP contribution in [-0.4, -0.2) is 44.8 Å². The van der Waals surface area contributed by atoms with E-state index in [1.807, 2.05) is 22.6 Å². The molecule has 2 rings (SSSR count). The van der Waals surface area contributed by atoms with Gasteiger partial charge in [0.1, 0.15) is 18.0 Å². The summed E-state index contributed by atoms with van der Waals surface area (Å²) < 4.78 is 20.3. The fraction of sp³-hybridized carbons (Fsp3) is 0.556. The molecule has 1 aliphatic rings. The van der Waals surface area contributed by atoms with Crippen LogP contribution in [0.2, 0.25) is 0 Å². The summed E-state index contributed by atoms with van der Waals surface area (Å²) >= 11 is 1.84. The summed E-state index contributed by atoms with van der Waals surface area (Å²) in [4.78, 5) is 15.1. The van der Waals surface area contributed by atoms with Gasteiger partial charge in [-0.2, -0.15) is 4.98 Å². The van der Waals surface area contributed by atoms with Gasteiger partial charge in [0.25, 0.3) is 0 Å². The highest BCUT2D eigenvalue weighted by Crippen LogP contribution is 2.31. The monoisotopic (exact) mass is 371 g/mol. The van der Waals surface area contributed by atoms with Crippen LogP contribution >= 0.6 is 22.6 Å². The van der Waals surface area contributed by atoms with E-state index in [4.69, 9.17) is 15.6 Å². The van der Waals surface area contributed by atoms with Crippen molar-refractivity contribution in [3.05, 3.63) is 20.3 Å². The minimum atomic E-state index is -1.82. The predicted molar refractivity (Wildman–Crippen MR) is 67.5 cm³/mol. The standard InChI is InChI=1S/C9H11FIN3O4/c10-5-6(16)4(2-15)18-8(5)14-1-3(11)7(12)13-9(14)17/h1,4-6,8,15-16H,2H2,(H2,12,13,17)/t4-,5+,6-,8-/m1/s1. The average Bonchev–Trinajstić information content (AvgIpc) is 2.61. The van der Waals surface area contributed by atoms with E-state index in [1.165, 1.54) is 6.20 Å². The molecular weight excluding hydrogens is 360 g/mol. The zero-order valence-corrected chi connectivity index (χ0v) is 11.2. The zero-order chi connectivity index (χ0) is 13.4. The number of nitrogens with zero attached hydrogens (tertiary/aromatic N) is 2. The van der Waals surface area contributed by atoms with Gasteiger partial charge in [-0.1, -0.05) is 0 Å². The van der Waals surface area contributed by atoms with Crippen molar-refractivity contribution < 1.29 is 19.3 Å². The van der Waals surface area contributed by atoms with Crippen LogP contribution in [0.3, 0.4) is 0 Å². The number of aliphatic hydroxyl groups is 2. The molecule has 9 heteroatoms. The number of hydrogen-bond acceptors (Lipinski definition) is 6. The number of halogens is 2. The van der Waals surface area contributed by atoms with Crippen molar-refractivity contribution in [1.82, 2.24) is 9.55 Å². The average molecular weight is 371 g/mol. The lowest BCUT2D eigenvalue weighted by atomic mass is 10.1. The topological polar surface area (TPSA) is 111 Å². The second kappa shape index (κ2) is 5.07. The molecule has 0 saturated carbocycles. The number of nitrogen functional groups attached to an aromatic ring is 1. The van der Waals surface area contributed by atoms with Gasteiger partial charge in [0.05, 0.1) is 10.2 Å². The van der Waals surface area contributed by atoms with Gasteiger partial charge in [-0.15, -0.1) is 0 Å². The van der Waals surface area contributed by atoms with Crippen LogP contribution in [0.25, 0.3) is 0 Å². The Morgan fingerprint density at radius 3 is 2.89 bits per heavy atom. The first-order valence-electron chi connectivity index (χ1n) is 5.08. The Labute approximate surface area is 115 Å². The fourth-order valence-corrected chi connectivity index (χ4v) is 2.14. The van der Waals surface area contributed by atoms with Gasteiger partial charge >= 0.3 is 5.69 Å². The summed E-state index contributed by atoms with van der Waals surface area (Å²) in [5.41, 5.74) is 4.68. The molecule has 0 spiro atoms. The lowest BCUT2D eigenvalue weighted by Gasteiger charge is -2.16. The lowest BCUT2D eigenvalue weighted by Crippen LogP contribution is -2.34. The minimum Gasteiger partial charge on any atom is -0.394 e. The van der Waals surface area contributed by atoms with Crippen LogP contribution in [0, 0.1) is 3.57 Å². The molecule has 0 unspecified atom stereocenters. The van der Waals surface area contributed by atoms with E-state index < -0.39 is 36.9 Å². The zero-order valence-electron chi connectivity index (χ0n) is 9.03. The summed E-state index contributed by atoms with van der Waals surface area (Å²) in [6.07, 6.45) is -4.38. The number of ether oxygens (including phenoxy) is 1. The Hall–Kier alpha value is -0.780. The first kappa shape index (κ1) is 13.6. The Morgan fingerprint density at radius 2 is 2.33 bits per heavy atom. The molecule has 2 heterocycles. The van der Waals surface area contributed by atoms with E-state index in [2.05, 4.69) is 4.98 Å². The highest BCUT2D eigenvalue weighted by atomic mass is 127. The molecule has 1 saturated heterocycles. The number of aromatic nitrogens is 2. The summed E-state index contributed by atoms with van der Waals surface area (Å²) in [6.45, 7) is -0.535. The third-order valence-corrected chi connectivity index (χ3v) is 3.51. The Balaban J connectivity index is 2.39. The van der Waals surface area contributed by atoms with Gasteiger partial charge < -0.3 is 20.7 Å². The van der Waals surface area contributed by atoms with Crippen molar-refractivity contribution in [3.8, 4) is 0 Å². The molecule has 0 amide bonds. The van der Waals surface area contributed by atoms with Gasteiger partial charge in [-0.05, 0) is 22.6 Å². The Bertz CT molecular complexity index is 511. The summed E-state index contributed by atoms with van der Waals surface area (Å²) in [5.74, 6) is 0.0458. The second-order valence-electron chi connectivity index (χ2n) is 3.85. The van der Waals surface area contributed by atoms with E-state index in [0.29, 0.717) is 3.57 Å². The third kappa shape index (κ3) is 2.22. The maximum Gasteiger partial charge on any atom is 0.351 e. The van der Waals surface area contributed by atoms with Gasteiger partial charge in [0.15, 0.2) is 12.4 Å². The molecule has 0 aliphatic carbocycles. The first-order valence-corrected chi connectivity index (χ1v) is 6.16. The molecule has 0 bridgehead atoms. The number of nitrogens with two attached hydrogens (primary N) is 1. The highest BCUT2D eigenvalue weighted by Gasteiger charge is 2.45. The van der Waals surface area contributed by atoms with Crippen molar-refractivity contribution in [2.24, 2.45) is 0 Å². The molecular formula is C9H11FIN3O4. The lowest BCUT2D eigenvalue weighted by molar-refractivity contribution is -0.0491. The van der Waals surface area contributed by atoms with Crippen LogP contribution in [0.15, 0.2) is 11.0 Å². The number of alkyl halides is 1. The van der Waals surface area contributed by atoms with E-state index in [1.54, 1.807) is 0 Å². The molecule has 0 radical (unpaired) electrons. The summed E-state index contributed by atoms with van der Waals surface area (Å²) in [6, 6.07) is 0. The molecule has 1 aromatic heterocycles. The number of aliphatic hydroxyl groups excluding tert-OH is 2. The van der Waals surface area contributed by atoms with Crippen molar-refractivity contribution in [3.63, 3.8) is 0 Å². The Kier molecular flexibility index (Phi) is 3.84. The van der Waals surface area contributed by atoms with Crippen LogP contribution in [0.4, 0.5) is 10.2 Å². The van der Waals surface area contributed by atoms with Gasteiger partial charge in [0, 0.05) is 6.20 Å². The predicted octanol–water partition coefficient (Wildman–Crippen LogP) is -0.981. The summed E-state index contributed by atoms with van der Waals surface area (Å²) in [5, 5.41) is 18.4. The van der Waals surface area contributed by atoms with Gasteiger partial charge in [-0.25, -0.2) is 9.18 Å². The van der Waals surface area contributed by atoms with Crippen molar-refractivity contribution in [2.45, 2.75) is 24.6 Å². The van der Waals surface area contributed by atoms with Crippen molar-refractivity contribution >= 4 is 28.4 Å². The molecule has 4 atom stereocenters. The SMILES string of the molecule is Nc1nc(=O)n([C@@H]2O[C@H](CO)[C@@H](O)[C@@H]2F)cc1I. The van der Waals surface area contributed by atoms with Gasteiger partial charge in [0.2, 0.25) is 0 Å². The molecule has 18 heavy (non-hydrogen) atoms. The molecule has 1 aromatic rings. The fourth-order valence-electron chi connectivity index (χ4n) is 1.72.